The normalized spacial score (nSPS) is 16.0. The largest absolute Gasteiger partial charge is 0.385 e. The second-order valence-corrected chi connectivity index (χ2v) is 4.84. The van der Waals surface area contributed by atoms with Crippen molar-refractivity contribution in [1.82, 2.24) is 4.90 Å². The number of amides is 1. The van der Waals surface area contributed by atoms with Gasteiger partial charge in [0.15, 0.2) is 0 Å². The quantitative estimate of drug-likeness (QED) is 0.908. The number of aryl methyl sites for hydroxylation is 1. The predicted molar refractivity (Wildman–Crippen MR) is 76.7 cm³/mol. The van der Waals surface area contributed by atoms with Crippen LogP contribution in [-0.4, -0.2) is 43.7 Å². The standard InChI is InChI=1S/C15H22N2O2/c1-3-16-14-6-5-12(2)11-13(14)15(18)17-7-4-9-19-10-8-17/h5-6,11,16H,3-4,7-10H2,1-2H3. The molecule has 1 fully saturated rings. The van der Waals surface area contributed by atoms with E-state index in [1.54, 1.807) is 0 Å². The maximum atomic E-state index is 12.6. The molecule has 1 aliphatic heterocycles. The van der Waals surface area contributed by atoms with Crippen molar-refractivity contribution in [1.29, 1.82) is 0 Å². The first-order valence-electron chi connectivity index (χ1n) is 6.94. The first kappa shape index (κ1) is 13.9. The van der Waals surface area contributed by atoms with Gasteiger partial charge in [-0.1, -0.05) is 11.6 Å². The molecule has 1 aromatic rings. The zero-order valence-corrected chi connectivity index (χ0v) is 11.7. The molecule has 0 unspecified atom stereocenters. The Bertz CT molecular complexity index is 438. The van der Waals surface area contributed by atoms with E-state index in [-0.39, 0.29) is 5.91 Å². The van der Waals surface area contributed by atoms with Gasteiger partial charge in [-0.05, 0) is 32.4 Å². The number of anilines is 1. The van der Waals surface area contributed by atoms with Crippen LogP contribution in [0.1, 0.15) is 29.3 Å². The molecular formula is C15H22N2O2. The molecule has 0 aromatic heterocycles. The van der Waals surface area contributed by atoms with Crippen molar-refractivity contribution in [3.8, 4) is 0 Å². The number of hydrogen-bond donors (Lipinski definition) is 1. The molecule has 1 aliphatic rings. The first-order valence-corrected chi connectivity index (χ1v) is 6.94. The zero-order valence-electron chi connectivity index (χ0n) is 11.7. The molecule has 19 heavy (non-hydrogen) atoms. The van der Waals surface area contributed by atoms with Gasteiger partial charge in [-0.3, -0.25) is 4.79 Å². The van der Waals surface area contributed by atoms with Gasteiger partial charge in [0.25, 0.3) is 5.91 Å². The summed E-state index contributed by atoms with van der Waals surface area (Å²) in [5.74, 6) is 0.102. The average molecular weight is 262 g/mol. The first-order chi connectivity index (χ1) is 9.22. The molecule has 0 bridgehead atoms. The van der Waals surface area contributed by atoms with E-state index in [0.29, 0.717) is 13.2 Å². The van der Waals surface area contributed by atoms with Gasteiger partial charge >= 0.3 is 0 Å². The fourth-order valence-electron chi connectivity index (χ4n) is 2.30. The Balaban J connectivity index is 2.23. The molecule has 4 nitrogen and oxygen atoms in total. The van der Waals surface area contributed by atoms with Crippen molar-refractivity contribution in [2.75, 3.05) is 38.2 Å². The van der Waals surface area contributed by atoms with Gasteiger partial charge in [0.1, 0.15) is 0 Å². The van der Waals surface area contributed by atoms with Crippen LogP contribution in [0.4, 0.5) is 5.69 Å². The fourth-order valence-corrected chi connectivity index (χ4v) is 2.30. The van der Waals surface area contributed by atoms with Gasteiger partial charge < -0.3 is 15.0 Å². The van der Waals surface area contributed by atoms with E-state index in [1.807, 2.05) is 36.9 Å². The van der Waals surface area contributed by atoms with Crippen molar-refractivity contribution in [3.63, 3.8) is 0 Å². The van der Waals surface area contributed by atoms with Gasteiger partial charge in [-0.25, -0.2) is 0 Å². The second-order valence-electron chi connectivity index (χ2n) is 4.84. The van der Waals surface area contributed by atoms with Crippen LogP contribution in [0.25, 0.3) is 0 Å². The summed E-state index contributed by atoms with van der Waals surface area (Å²) in [5.41, 5.74) is 2.79. The van der Waals surface area contributed by atoms with Crippen LogP contribution in [0.2, 0.25) is 0 Å². The molecule has 0 atom stereocenters. The summed E-state index contributed by atoms with van der Waals surface area (Å²) in [4.78, 5) is 14.5. The summed E-state index contributed by atoms with van der Waals surface area (Å²) >= 11 is 0. The Morgan fingerprint density at radius 3 is 3.00 bits per heavy atom. The highest BCUT2D eigenvalue weighted by molar-refractivity contribution is 5.99. The molecule has 4 heteroatoms. The lowest BCUT2D eigenvalue weighted by atomic mass is 10.1. The van der Waals surface area contributed by atoms with Crippen molar-refractivity contribution in [3.05, 3.63) is 29.3 Å². The van der Waals surface area contributed by atoms with Crippen molar-refractivity contribution in [2.24, 2.45) is 0 Å². The number of nitrogens with one attached hydrogen (secondary N) is 1. The number of ether oxygens (including phenoxy) is 1. The van der Waals surface area contributed by atoms with Crippen molar-refractivity contribution < 1.29 is 9.53 Å². The third-order valence-corrected chi connectivity index (χ3v) is 3.28. The third-order valence-electron chi connectivity index (χ3n) is 3.28. The van der Waals surface area contributed by atoms with Gasteiger partial charge in [0.2, 0.25) is 0 Å². The second kappa shape index (κ2) is 6.57. The highest BCUT2D eigenvalue weighted by Crippen LogP contribution is 2.20. The minimum atomic E-state index is 0.102. The number of benzene rings is 1. The topological polar surface area (TPSA) is 41.6 Å². The Morgan fingerprint density at radius 1 is 1.37 bits per heavy atom. The number of hydrogen-bond acceptors (Lipinski definition) is 3. The summed E-state index contributed by atoms with van der Waals surface area (Å²) in [6.45, 7) is 7.70. The average Bonchev–Trinajstić information content (AvgIpc) is 2.69. The zero-order chi connectivity index (χ0) is 13.7. The van der Waals surface area contributed by atoms with Crippen LogP contribution in [0.15, 0.2) is 18.2 Å². The summed E-state index contributed by atoms with van der Waals surface area (Å²) in [7, 11) is 0. The minimum absolute atomic E-state index is 0.102. The highest BCUT2D eigenvalue weighted by Gasteiger charge is 2.20. The molecule has 0 aliphatic carbocycles. The Labute approximate surface area is 114 Å². The van der Waals surface area contributed by atoms with Crippen LogP contribution in [0.5, 0.6) is 0 Å². The van der Waals surface area contributed by atoms with Crippen LogP contribution in [0.3, 0.4) is 0 Å². The highest BCUT2D eigenvalue weighted by atomic mass is 16.5. The van der Waals surface area contributed by atoms with E-state index in [2.05, 4.69) is 5.32 Å². The number of rotatable bonds is 3. The monoisotopic (exact) mass is 262 g/mol. The van der Waals surface area contributed by atoms with Crippen molar-refractivity contribution in [2.45, 2.75) is 20.3 Å². The molecule has 1 N–H and O–H groups in total. The summed E-state index contributed by atoms with van der Waals surface area (Å²) in [5, 5.41) is 3.26. The lowest BCUT2D eigenvalue weighted by Gasteiger charge is -2.21. The Hall–Kier alpha value is -1.55. The SMILES string of the molecule is CCNc1ccc(C)cc1C(=O)N1CCCOCC1. The molecule has 0 radical (unpaired) electrons. The number of nitrogens with zero attached hydrogens (tertiary/aromatic N) is 1. The Morgan fingerprint density at radius 2 is 2.21 bits per heavy atom. The molecule has 0 saturated carbocycles. The maximum Gasteiger partial charge on any atom is 0.256 e. The van der Waals surface area contributed by atoms with E-state index < -0.39 is 0 Å². The smallest absolute Gasteiger partial charge is 0.256 e. The van der Waals surface area contributed by atoms with Crippen LogP contribution < -0.4 is 5.32 Å². The summed E-state index contributed by atoms with van der Waals surface area (Å²) in [6.07, 6.45) is 0.911. The van der Waals surface area contributed by atoms with E-state index >= 15 is 0 Å². The van der Waals surface area contributed by atoms with Gasteiger partial charge in [-0.2, -0.15) is 0 Å². The lowest BCUT2D eigenvalue weighted by molar-refractivity contribution is 0.0742. The number of carbonyl (C=O) groups is 1. The van der Waals surface area contributed by atoms with Gasteiger partial charge in [0.05, 0.1) is 12.2 Å². The predicted octanol–water partition coefficient (Wildman–Crippen LogP) is 2.29. The molecule has 104 valence electrons. The summed E-state index contributed by atoms with van der Waals surface area (Å²) < 4.78 is 5.40. The molecule has 1 aromatic carbocycles. The lowest BCUT2D eigenvalue weighted by Crippen LogP contribution is -2.33. The summed E-state index contributed by atoms with van der Waals surface area (Å²) in [6, 6.07) is 5.98. The molecule has 1 saturated heterocycles. The molecule has 2 rings (SSSR count). The molecule has 1 heterocycles. The van der Waals surface area contributed by atoms with E-state index in [4.69, 9.17) is 4.74 Å². The van der Waals surface area contributed by atoms with Crippen LogP contribution in [-0.2, 0) is 4.74 Å². The van der Waals surface area contributed by atoms with Gasteiger partial charge in [-0.15, -0.1) is 0 Å². The number of carbonyl (C=O) groups excluding carboxylic acids is 1. The molecule has 1 amide bonds. The van der Waals surface area contributed by atoms with Gasteiger partial charge in [0, 0.05) is 31.9 Å². The van der Waals surface area contributed by atoms with Crippen LogP contribution >= 0.6 is 0 Å². The maximum absolute atomic E-state index is 12.6. The van der Waals surface area contributed by atoms with Crippen LogP contribution in [0, 0.1) is 6.92 Å². The van der Waals surface area contributed by atoms with E-state index in [1.165, 1.54) is 0 Å². The third kappa shape index (κ3) is 3.47. The fraction of sp³-hybridized carbons (Fsp3) is 0.533. The van der Waals surface area contributed by atoms with E-state index in [9.17, 15) is 4.79 Å². The van der Waals surface area contributed by atoms with Crippen molar-refractivity contribution >= 4 is 11.6 Å². The Kier molecular flexibility index (Phi) is 4.80. The molecule has 0 spiro atoms. The minimum Gasteiger partial charge on any atom is -0.385 e. The molecular weight excluding hydrogens is 240 g/mol. The van der Waals surface area contributed by atoms with E-state index in [0.717, 1.165) is 42.9 Å².